The highest BCUT2D eigenvalue weighted by Crippen LogP contribution is 2.30. The highest BCUT2D eigenvalue weighted by molar-refractivity contribution is 5.81. The maximum atomic E-state index is 12.1. The predicted octanol–water partition coefficient (Wildman–Crippen LogP) is 2.62. The second kappa shape index (κ2) is 9.11. The van der Waals surface area contributed by atoms with Gasteiger partial charge in [-0.15, -0.1) is 0 Å². The Hall–Kier alpha value is -2.24. The molecule has 1 aliphatic carbocycles. The lowest BCUT2D eigenvalue weighted by Crippen LogP contribution is -2.48. The zero-order valence-electron chi connectivity index (χ0n) is 16.5. The lowest BCUT2D eigenvalue weighted by molar-refractivity contribution is -0.149. The van der Waals surface area contributed by atoms with Crippen LogP contribution in [-0.2, 0) is 28.9 Å². The van der Waals surface area contributed by atoms with Crippen molar-refractivity contribution in [2.75, 3.05) is 26.7 Å². The molecule has 1 aliphatic heterocycles. The molecule has 1 saturated heterocycles. The van der Waals surface area contributed by atoms with E-state index in [9.17, 15) is 9.90 Å². The molecule has 1 aromatic rings. The summed E-state index contributed by atoms with van der Waals surface area (Å²) in [6.45, 7) is 4.29. The van der Waals surface area contributed by atoms with Gasteiger partial charge in [0.25, 0.3) is 0 Å². The zero-order valence-corrected chi connectivity index (χ0v) is 16.5. The number of benzene rings is 1. The van der Waals surface area contributed by atoms with Crippen LogP contribution in [0.5, 0.6) is 5.75 Å². The molecule has 1 unspecified atom stereocenters. The number of phenolic OH excluding ortho intramolecular Hbond substituents is 1. The van der Waals surface area contributed by atoms with Crippen molar-refractivity contribution in [1.29, 1.82) is 0 Å². The molecule has 1 aromatic carbocycles. The highest BCUT2D eigenvalue weighted by Gasteiger charge is 2.28. The second-order valence-corrected chi connectivity index (χ2v) is 7.35. The van der Waals surface area contributed by atoms with Crippen molar-refractivity contribution in [3.63, 3.8) is 0 Å². The number of carbonyl (C=O) groups is 1. The Morgan fingerprint density at radius 1 is 1.33 bits per heavy atom. The largest absolute Gasteiger partial charge is 0.508 e. The topological polar surface area (TPSA) is 74.2 Å². The summed E-state index contributed by atoms with van der Waals surface area (Å²) >= 11 is 0. The van der Waals surface area contributed by atoms with Gasteiger partial charge in [-0.2, -0.15) is 0 Å². The van der Waals surface area contributed by atoms with E-state index in [2.05, 4.69) is 21.3 Å². The van der Waals surface area contributed by atoms with Gasteiger partial charge in [0.15, 0.2) is 5.96 Å². The lowest BCUT2D eigenvalue weighted by atomic mass is 9.88. The molecule has 0 spiro atoms. The fraction of sp³-hybridized carbons (Fsp3) is 0.619. The van der Waals surface area contributed by atoms with E-state index in [0.29, 0.717) is 25.4 Å². The molecule has 2 N–H and O–H groups in total. The van der Waals surface area contributed by atoms with Gasteiger partial charge >= 0.3 is 5.97 Å². The summed E-state index contributed by atoms with van der Waals surface area (Å²) in [5.74, 6) is 0.904. The van der Waals surface area contributed by atoms with Crippen molar-refractivity contribution in [2.24, 2.45) is 10.9 Å². The number of rotatable bonds is 4. The van der Waals surface area contributed by atoms with Crippen molar-refractivity contribution >= 4 is 11.9 Å². The first-order valence-corrected chi connectivity index (χ1v) is 10.1. The van der Waals surface area contributed by atoms with E-state index in [4.69, 9.17) is 4.74 Å². The SMILES string of the molecule is CCOC(=O)C1CCCN(C(=NC)NCc2c(O)ccc3c2CCCC3)C1. The zero-order chi connectivity index (χ0) is 19.2. The number of hydrogen-bond donors (Lipinski definition) is 2. The van der Waals surface area contributed by atoms with Gasteiger partial charge in [0.2, 0.25) is 0 Å². The number of fused-ring (bicyclic) bond motifs is 1. The van der Waals surface area contributed by atoms with Crippen LogP contribution in [0.4, 0.5) is 0 Å². The normalized spacial score (nSPS) is 20.1. The number of esters is 1. The molecule has 6 nitrogen and oxygen atoms in total. The number of likely N-dealkylation sites (tertiary alicyclic amines) is 1. The number of guanidine groups is 1. The molecule has 0 bridgehead atoms. The van der Waals surface area contributed by atoms with Crippen LogP contribution in [0.15, 0.2) is 17.1 Å². The number of nitrogens with zero attached hydrogens (tertiary/aromatic N) is 2. The molecule has 1 heterocycles. The summed E-state index contributed by atoms with van der Waals surface area (Å²) in [5.41, 5.74) is 3.62. The average Bonchev–Trinajstić information content (AvgIpc) is 2.70. The summed E-state index contributed by atoms with van der Waals surface area (Å²) in [5, 5.41) is 13.8. The predicted molar refractivity (Wildman–Crippen MR) is 106 cm³/mol. The minimum absolute atomic E-state index is 0.102. The van der Waals surface area contributed by atoms with Gasteiger partial charge in [-0.3, -0.25) is 9.79 Å². The monoisotopic (exact) mass is 373 g/mol. The molecular weight excluding hydrogens is 342 g/mol. The Balaban J connectivity index is 1.67. The van der Waals surface area contributed by atoms with E-state index in [1.165, 1.54) is 24.0 Å². The number of aromatic hydroxyl groups is 1. The number of hydrogen-bond acceptors (Lipinski definition) is 4. The minimum atomic E-state index is -0.118. The van der Waals surface area contributed by atoms with E-state index >= 15 is 0 Å². The molecular formula is C21H31N3O3. The summed E-state index contributed by atoms with van der Waals surface area (Å²) in [7, 11) is 1.76. The van der Waals surface area contributed by atoms with Gasteiger partial charge in [-0.1, -0.05) is 6.07 Å². The van der Waals surface area contributed by atoms with Gasteiger partial charge in [-0.05, 0) is 62.6 Å². The number of nitrogens with one attached hydrogen (secondary N) is 1. The second-order valence-electron chi connectivity index (χ2n) is 7.35. The Kier molecular flexibility index (Phi) is 6.58. The molecule has 0 saturated carbocycles. The summed E-state index contributed by atoms with van der Waals surface area (Å²) in [4.78, 5) is 18.6. The van der Waals surface area contributed by atoms with E-state index < -0.39 is 0 Å². The number of ether oxygens (including phenoxy) is 1. The van der Waals surface area contributed by atoms with Gasteiger partial charge in [0, 0.05) is 32.2 Å². The number of carbonyl (C=O) groups excluding carboxylic acids is 1. The van der Waals surface area contributed by atoms with Crippen molar-refractivity contribution in [2.45, 2.75) is 52.0 Å². The van der Waals surface area contributed by atoms with Crippen LogP contribution in [0.25, 0.3) is 0 Å². The van der Waals surface area contributed by atoms with Crippen molar-refractivity contribution in [1.82, 2.24) is 10.2 Å². The summed E-state index contributed by atoms with van der Waals surface area (Å²) < 4.78 is 5.19. The molecule has 3 rings (SSSR count). The minimum Gasteiger partial charge on any atom is -0.508 e. The first-order valence-electron chi connectivity index (χ1n) is 10.1. The van der Waals surface area contributed by atoms with Crippen molar-refractivity contribution in [3.8, 4) is 5.75 Å². The van der Waals surface area contributed by atoms with Crippen LogP contribution in [0, 0.1) is 5.92 Å². The molecule has 1 atom stereocenters. The summed E-state index contributed by atoms with van der Waals surface area (Å²) in [6, 6.07) is 3.86. The molecule has 148 valence electrons. The van der Waals surface area contributed by atoms with E-state index in [-0.39, 0.29) is 11.9 Å². The van der Waals surface area contributed by atoms with Crippen LogP contribution in [0.3, 0.4) is 0 Å². The van der Waals surface area contributed by atoms with E-state index in [1.807, 2.05) is 13.0 Å². The number of aryl methyl sites for hydroxylation is 1. The Bertz CT molecular complexity index is 702. The van der Waals surface area contributed by atoms with Gasteiger partial charge in [0.05, 0.1) is 12.5 Å². The first-order chi connectivity index (χ1) is 13.1. The smallest absolute Gasteiger partial charge is 0.310 e. The Morgan fingerprint density at radius 2 is 2.15 bits per heavy atom. The van der Waals surface area contributed by atoms with E-state index in [0.717, 1.165) is 43.8 Å². The van der Waals surface area contributed by atoms with Crippen LogP contribution in [0.1, 0.15) is 49.3 Å². The van der Waals surface area contributed by atoms with Gasteiger partial charge < -0.3 is 20.1 Å². The fourth-order valence-electron chi connectivity index (χ4n) is 4.21. The third-order valence-electron chi connectivity index (χ3n) is 5.60. The van der Waals surface area contributed by atoms with Crippen LogP contribution < -0.4 is 5.32 Å². The number of phenols is 1. The van der Waals surface area contributed by atoms with Crippen molar-refractivity contribution in [3.05, 3.63) is 28.8 Å². The standard InChI is InChI=1S/C21H31N3O3/c1-3-27-20(26)16-8-6-12-24(14-16)21(22-2)23-13-18-17-9-5-4-7-15(17)10-11-19(18)25/h10-11,16,25H,3-9,12-14H2,1-2H3,(H,22,23). The molecule has 0 amide bonds. The fourth-order valence-corrected chi connectivity index (χ4v) is 4.21. The number of piperidine rings is 1. The van der Waals surface area contributed by atoms with Gasteiger partial charge in [0.1, 0.15) is 5.75 Å². The molecule has 6 heteroatoms. The number of aliphatic imine (C=N–C) groups is 1. The van der Waals surface area contributed by atoms with Crippen LogP contribution in [-0.4, -0.2) is 48.7 Å². The molecule has 1 fully saturated rings. The highest BCUT2D eigenvalue weighted by atomic mass is 16.5. The maximum Gasteiger partial charge on any atom is 0.310 e. The maximum absolute atomic E-state index is 12.1. The molecule has 27 heavy (non-hydrogen) atoms. The third kappa shape index (κ3) is 4.54. The molecule has 0 radical (unpaired) electrons. The van der Waals surface area contributed by atoms with Crippen molar-refractivity contribution < 1.29 is 14.6 Å². The quantitative estimate of drug-likeness (QED) is 0.482. The first kappa shape index (κ1) is 19.5. The van der Waals surface area contributed by atoms with E-state index in [1.54, 1.807) is 7.05 Å². The molecule has 0 aromatic heterocycles. The Morgan fingerprint density at radius 3 is 2.93 bits per heavy atom. The third-order valence-corrected chi connectivity index (χ3v) is 5.60. The van der Waals surface area contributed by atoms with Crippen LogP contribution >= 0.6 is 0 Å². The average molecular weight is 373 g/mol. The Labute approximate surface area is 161 Å². The lowest BCUT2D eigenvalue weighted by Gasteiger charge is -2.34. The van der Waals surface area contributed by atoms with Gasteiger partial charge in [-0.25, -0.2) is 0 Å². The summed E-state index contributed by atoms with van der Waals surface area (Å²) in [6.07, 6.45) is 6.30. The molecule has 2 aliphatic rings. The van der Waals surface area contributed by atoms with Crippen LogP contribution in [0.2, 0.25) is 0 Å².